The predicted octanol–water partition coefficient (Wildman–Crippen LogP) is 2.82. The number of hydrogen-bond donors (Lipinski definition) is 1. The van der Waals surface area contributed by atoms with Gasteiger partial charge < -0.3 is 9.16 Å². The lowest BCUT2D eigenvalue weighted by Gasteiger charge is -2.40. The Hall–Kier alpha value is -1.25. The third kappa shape index (κ3) is 3.96. The highest BCUT2D eigenvalue weighted by Gasteiger charge is 2.52. The Morgan fingerprint density at radius 1 is 1.32 bits per heavy atom. The lowest BCUT2D eigenvalue weighted by atomic mass is 10.0. The van der Waals surface area contributed by atoms with E-state index in [4.69, 9.17) is 9.16 Å². The molecule has 2 rings (SSSR count). The largest absolute Gasteiger partial charge is 0.408 e. The van der Waals surface area contributed by atoms with Crippen LogP contribution in [0.15, 0.2) is 21.9 Å². The van der Waals surface area contributed by atoms with Crippen LogP contribution in [0.1, 0.15) is 40.8 Å². The van der Waals surface area contributed by atoms with Gasteiger partial charge in [0, 0.05) is 12.3 Å². The molecule has 142 valence electrons. The fraction of sp³-hybridized carbons (Fsp3) is 0.765. The average Bonchev–Trinajstić information content (AvgIpc) is 2.75. The van der Waals surface area contributed by atoms with E-state index in [0.717, 1.165) is 4.57 Å². The lowest BCUT2D eigenvalue weighted by molar-refractivity contribution is -0.0455. The van der Waals surface area contributed by atoms with Gasteiger partial charge in [-0.2, -0.15) is 0 Å². The Kier molecular flexibility index (Phi) is 5.46. The summed E-state index contributed by atoms with van der Waals surface area (Å²) in [6.45, 7) is 14.3. The van der Waals surface area contributed by atoms with E-state index in [0.29, 0.717) is 0 Å². The maximum atomic E-state index is 15.3. The van der Waals surface area contributed by atoms with Crippen molar-refractivity contribution in [3.63, 3.8) is 0 Å². The highest BCUT2D eigenvalue weighted by molar-refractivity contribution is 6.74. The zero-order chi connectivity index (χ0) is 19.2. The number of aromatic nitrogens is 2. The van der Waals surface area contributed by atoms with E-state index >= 15 is 4.39 Å². The second-order valence-electron chi connectivity index (χ2n) is 8.54. The Balaban J connectivity index is 2.37. The third-order valence-electron chi connectivity index (χ3n) is 5.23. The third-order valence-corrected chi connectivity index (χ3v) is 9.70. The quantitative estimate of drug-likeness (QED) is 0.825. The fourth-order valence-corrected chi connectivity index (χ4v) is 3.99. The minimum Gasteiger partial charge on any atom is -0.408 e. The van der Waals surface area contributed by atoms with Crippen LogP contribution in [0.25, 0.3) is 0 Å². The van der Waals surface area contributed by atoms with Gasteiger partial charge >= 0.3 is 5.69 Å². The molecule has 1 unspecified atom stereocenters. The fourth-order valence-electron chi connectivity index (χ4n) is 2.69. The molecule has 1 aromatic heterocycles. The summed E-state index contributed by atoms with van der Waals surface area (Å²) in [5.41, 5.74) is -1.21. The van der Waals surface area contributed by atoms with Gasteiger partial charge in [0.2, 0.25) is 0 Å². The molecule has 0 aromatic carbocycles. The Bertz CT molecular complexity index is 722. The number of halogens is 1. The summed E-state index contributed by atoms with van der Waals surface area (Å²) < 4.78 is 28.6. The molecule has 8 heteroatoms. The van der Waals surface area contributed by atoms with Gasteiger partial charge in [-0.3, -0.25) is 14.3 Å². The van der Waals surface area contributed by atoms with Crippen molar-refractivity contribution in [3.05, 3.63) is 33.1 Å². The second-order valence-corrected chi connectivity index (χ2v) is 13.3. The Morgan fingerprint density at radius 3 is 2.40 bits per heavy atom. The topological polar surface area (TPSA) is 73.3 Å². The molecule has 1 aliphatic heterocycles. The first-order valence-electron chi connectivity index (χ1n) is 8.64. The number of nitrogens with zero attached hydrogens (tertiary/aromatic N) is 1. The number of alkyl halides is 1. The van der Waals surface area contributed by atoms with Gasteiger partial charge in [0.25, 0.3) is 5.56 Å². The van der Waals surface area contributed by atoms with Crippen molar-refractivity contribution >= 4 is 8.32 Å². The van der Waals surface area contributed by atoms with Gasteiger partial charge in [-0.25, -0.2) is 9.18 Å². The molecule has 0 amide bonds. The van der Waals surface area contributed by atoms with Gasteiger partial charge in [-0.15, -0.1) is 0 Å². The zero-order valence-electron chi connectivity index (χ0n) is 16.0. The second kappa shape index (κ2) is 6.81. The van der Waals surface area contributed by atoms with Crippen LogP contribution in [0.3, 0.4) is 0 Å². The number of nitrogens with one attached hydrogen (secondary N) is 1. The Morgan fingerprint density at radius 2 is 1.92 bits per heavy atom. The SMILES string of the molecule is CC(C)C1O[C@@H](n2ccc(=O)[nH]c2=O)[C@H](F)[C@@H]1O[Si](C)(C)C(C)(C)C. The van der Waals surface area contributed by atoms with Gasteiger partial charge in [0.15, 0.2) is 20.7 Å². The molecule has 1 saturated heterocycles. The Labute approximate surface area is 148 Å². The summed E-state index contributed by atoms with van der Waals surface area (Å²) in [7, 11) is -2.22. The van der Waals surface area contributed by atoms with E-state index in [1.165, 1.54) is 12.3 Å². The smallest absolute Gasteiger partial charge is 0.330 e. The van der Waals surface area contributed by atoms with Crippen molar-refractivity contribution in [1.29, 1.82) is 0 Å². The van der Waals surface area contributed by atoms with Crippen molar-refractivity contribution in [3.8, 4) is 0 Å². The molecule has 1 aliphatic rings. The van der Waals surface area contributed by atoms with Crippen LogP contribution in [0, 0.1) is 5.92 Å². The molecular weight excluding hydrogens is 343 g/mol. The van der Waals surface area contributed by atoms with Crippen LogP contribution in [0.2, 0.25) is 18.1 Å². The minimum atomic E-state index is -2.22. The van der Waals surface area contributed by atoms with Gasteiger partial charge in [-0.05, 0) is 24.1 Å². The van der Waals surface area contributed by atoms with E-state index in [2.05, 4.69) is 38.8 Å². The number of hydrogen-bond acceptors (Lipinski definition) is 4. The maximum absolute atomic E-state index is 15.3. The number of aromatic amines is 1. The summed E-state index contributed by atoms with van der Waals surface area (Å²) in [6, 6.07) is 1.18. The molecule has 4 atom stereocenters. The molecule has 1 fully saturated rings. The zero-order valence-corrected chi connectivity index (χ0v) is 17.0. The number of ether oxygens (including phenoxy) is 1. The van der Waals surface area contributed by atoms with E-state index in [1.807, 2.05) is 13.8 Å². The first kappa shape index (κ1) is 20.1. The predicted molar refractivity (Wildman–Crippen MR) is 97.0 cm³/mol. The van der Waals surface area contributed by atoms with E-state index in [9.17, 15) is 9.59 Å². The highest BCUT2D eigenvalue weighted by Crippen LogP contribution is 2.43. The lowest BCUT2D eigenvalue weighted by Crippen LogP contribution is -2.49. The molecule has 0 radical (unpaired) electrons. The van der Waals surface area contributed by atoms with Crippen LogP contribution in [-0.2, 0) is 9.16 Å². The summed E-state index contributed by atoms with van der Waals surface area (Å²) in [5, 5.41) is -0.0683. The van der Waals surface area contributed by atoms with Crippen LogP contribution >= 0.6 is 0 Å². The summed E-state index contributed by atoms with van der Waals surface area (Å²) in [4.78, 5) is 25.4. The first-order valence-corrected chi connectivity index (χ1v) is 11.5. The molecule has 25 heavy (non-hydrogen) atoms. The minimum absolute atomic E-state index is 0.0245. The van der Waals surface area contributed by atoms with Crippen molar-refractivity contribution in [1.82, 2.24) is 9.55 Å². The molecule has 2 heterocycles. The highest BCUT2D eigenvalue weighted by atomic mass is 28.4. The summed E-state index contributed by atoms with van der Waals surface area (Å²) >= 11 is 0. The van der Waals surface area contributed by atoms with E-state index < -0.39 is 44.2 Å². The molecular formula is C17H29FN2O4Si. The van der Waals surface area contributed by atoms with Crippen LogP contribution in [0.5, 0.6) is 0 Å². The summed E-state index contributed by atoms with van der Waals surface area (Å²) in [5.74, 6) is 0.0245. The molecule has 0 spiro atoms. The van der Waals surface area contributed by atoms with Gasteiger partial charge in [-0.1, -0.05) is 34.6 Å². The van der Waals surface area contributed by atoms with Crippen molar-refractivity contribution in [2.24, 2.45) is 5.92 Å². The maximum Gasteiger partial charge on any atom is 0.330 e. The normalized spacial score (nSPS) is 27.9. The number of rotatable bonds is 4. The molecule has 0 bridgehead atoms. The van der Waals surface area contributed by atoms with Crippen LogP contribution in [0.4, 0.5) is 4.39 Å². The number of H-pyrrole nitrogens is 1. The van der Waals surface area contributed by atoms with E-state index in [-0.39, 0.29) is 11.0 Å². The molecule has 6 nitrogen and oxygen atoms in total. The van der Waals surface area contributed by atoms with Crippen molar-refractivity contribution in [2.45, 2.75) is 77.4 Å². The van der Waals surface area contributed by atoms with Crippen LogP contribution < -0.4 is 11.2 Å². The van der Waals surface area contributed by atoms with E-state index in [1.54, 1.807) is 0 Å². The van der Waals surface area contributed by atoms with Crippen molar-refractivity contribution in [2.75, 3.05) is 0 Å². The molecule has 1 N–H and O–H groups in total. The molecule has 0 saturated carbocycles. The monoisotopic (exact) mass is 372 g/mol. The van der Waals surface area contributed by atoms with Crippen LogP contribution in [-0.4, -0.2) is 36.2 Å². The average molecular weight is 373 g/mol. The van der Waals surface area contributed by atoms with Gasteiger partial charge in [0.1, 0.15) is 6.10 Å². The summed E-state index contributed by atoms with van der Waals surface area (Å²) in [6.07, 6.45) is -2.54. The molecule has 1 aromatic rings. The standard InChI is InChI=1S/C17H29FN2O4Si/c1-10(2)13-14(24-25(6,7)17(3,4)5)12(18)15(23-13)20-9-8-11(21)19-16(20)22/h8-10,12-15H,1-7H3,(H,19,21,22)/t12-,13?,14+,15-/m1/s1. The van der Waals surface area contributed by atoms with Crippen molar-refractivity contribution < 1.29 is 13.6 Å². The van der Waals surface area contributed by atoms with Gasteiger partial charge in [0.05, 0.1) is 6.10 Å². The molecule has 0 aliphatic carbocycles. The first-order chi connectivity index (χ1) is 11.3.